The van der Waals surface area contributed by atoms with E-state index in [2.05, 4.69) is 42.3 Å². The van der Waals surface area contributed by atoms with Crippen molar-refractivity contribution < 1.29 is 4.74 Å². The van der Waals surface area contributed by atoms with Crippen molar-refractivity contribution in [3.05, 3.63) is 29.3 Å². The normalized spacial score (nSPS) is 17.4. The molecule has 0 atom stereocenters. The molecule has 1 fully saturated rings. The third-order valence-electron chi connectivity index (χ3n) is 4.21. The molecule has 0 saturated carbocycles. The zero-order chi connectivity index (χ0) is 14.4. The third kappa shape index (κ3) is 4.50. The van der Waals surface area contributed by atoms with Crippen LogP contribution in [-0.4, -0.2) is 44.7 Å². The van der Waals surface area contributed by atoms with Gasteiger partial charge in [-0.3, -0.25) is 4.90 Å². The van der Waals surface area contributed by atoms with Crippen molar-refractivity contribution in [2.45, 2.75) is 26.7 Å². The van der Waals surface area contributed by atoms with Crippen molar-refractivity contribution in [3.8, 4) is 5.75 Å². The maximum atomic E-state index is 5.94. The van der Waals surface area contributed by atoms with Crippen LogP contribution in [0.25, 0.3) is 0 Å². The second-order valence-corrected chi connectivity index (χ2v) is 5.96. The van der Waals surface area contributed by atoms with Crippen molar-refractivity contribution in [1.82, 2.24) is 10.2 Å². The summed E-state index contributed by atoms with van der Waals surface area (Å²) in [6, 6.07) is 6.40. The van der Waals surface area contributed by atoms with Gasteiger partial charge in [0.2, 0.25) is 0 Å². The van der Waals surface area contributed by atoms with Crippen LogP contribution in [0.15, 0.2) is 18.2 Å². The maximum Gasteiger partial charge on any atom is 0.122 e. The lowest BCUT2D eigenvalue weighted by molar-refractivity contribution is 0.154. The van der Waals surface area contributed by atoms with E-state index in [1.807, 2.05) is 7.05 Å². The summed E-state index contributed by atoms with van der Waals surface area (Å²) in [5, 5.41) is 3.29. The van der Waals surface area contributed by atoms with Gasteiger partial charge in [-0.25, -0.2) is 0 Å². The van der Waals surface area contributed by atoms with E-state index in [4.69, 9.17) is 4.74 Å². The van der Waals surface area contributed by atoms with Crippen LogP contribution in [0.4, 0.5) is 0 Å². The number of ether oxygens (including phenoxy) is 1. The Morgan fingerprint density at radius 1 is 1.25 bits per heavy atom. The van der Waals surface area contributed by atoms with E-state index in [1.165, 1.54) is 37.1 Å². The van der Waals surface area contributed by atoms with Gasteiger partial charge >= 0.3 is 0 Å². The molecule has 1 aliphatic rings. The zero-order valence-electron chi connectivity index (χ0n) is 13.1. The molecule has 1 aromatic rings. The summed E-state index contributed by atoms with van der Waals surface area (Å²) in [6.07, 6.45) is 2.62. The first-order valence-corrected chi connectivity index (χ1v) is 7.76. The highest BCUT2D eigenvalue weighted by molar-refractivity contribution is 5.35. The molecule has 0 unspecified atom stereocenters. The monoisotopic (exact) mass is 276 g/mol. The fourth-order valence-electron chi connectivity index (χ4n) is 2.85. The lowest BCUT2D eigenvalue weighted by Gasteiger charge is -2.31. The van der Waals surface area contributed by atoms with Gasteiger partial charge in [-0.05, 0) is 76.5 Å². The fourth-order valence-corrected chi connectivity index (χ4v) is 2.85. The van der Waals surface area contributed by atoms with Crippen molar-refractivity contribution in [3.63, 3.8) is 0 Å². The van der Waals surface area contributed by atoms with Crippen LogP contribution in [0.5, 0.6) is 5.75 Å². The standard InChI is InChI=1S/C17H28N2O/c1-14-4-5-15(2)17(12-14)20-11-10-19-8-6-16(7-9-19)13-18-3/h4-5,12,16,18H,6-11,13H2,1-3H3. The predicted octanol–water partition coefficient (Wildman–Crippen LogP) is 2.61. The van der Waals surface area contributed by atoms with Crippen molar-refractivity contribution in [1.29, 1.82) is 0 Å². The second kappa shape index (κ2) is 7.65. The molecule has 1 heterocycles. The van der Waals surface area contributed by atoms with E-state index in [9.17, 15) is 0 Å². The number of piperidine rings is 1. The van der Waals surface area contributed by atoms with E-state index in [0.717, 1.165) is 31.4 Å². The molecule has 1 aromatic carbocycles. The molecule has 0 aliphatic carbocycles. The number of nitrogens with one attached hydrogen (secondary N) is 1. The first-order chi connectivity index (χ1) is 9.69. The molecule has 112 valence electrons. The molecule has 1 aliphatic heterocycles. The summed E-state index contributed by atoms with van der Waals surface area (Å²) < 4.78 is 5.94. The van der Waals surface area contributed by atoms with Gasteiger partial charge in [-0.15, -0.1) is 0 Å². The van der Waals surface area contributed by atoms with Crippen molar-refractivity contribution >= 4 is 0 Å². The summed E-state index contributed by atoms with van der Waals surface area (Å²) in [4.78, 5) is 2.53. The topological polar surface area (TPSA) is 24.5 Å². The molecule has 0 radical (unpaired) electrons. The minimum atomic E-state index is 0.793. The van der Waals surface area contributed by atoms with Gasteiger partial charge in [0.1, 0.15) is 12.4 Å². The number of nitrogens with zero attached hydrogens (tertiary/aromatic N) is 1. The van der Waals surface area contributed by atoms with Crippen LogP contribution in [-0.2, 0) is 0 Å². The lowest BCUT2D eigenvalue weighted by atomic mass is 9.97. The van der Waals surface area contributed by atoms with Crippen molar-refractivity contribution in [2.75, 3.05) is 39.8 Å². The Morgan fingerprint density at radius 3 is 2.70 bits per heavy atom. The summed E-state index contributed by atoms with van der Waals surface area (Å²) in [5.74, 6) is 1.89. The molecular weight excluding hydrogens is 248 g/mol. The van der Waals surface area contributed by atoms with Crippen LogP contribution in [0, 0.1) is 19.8 Å². The van der Waals surface area contributed by atoms with E-state index in [1.54, 1.807) is 0 Å². The highest BCUT2D eigenvalue weighted by atomic mass is 16.5. The number of aryl methyl sites for hydroxylation is 2. The van der Waals surface area contributed by atoms with Crippen molar-refractivity contribution in [2.24, 2.45) is 5.92 Å². The molecule has 20 heavy (non-hydrogen) atoms. The Kier molecular flexibility index (Phi) is 5.86. The number of hydrogen-bond acceptors (Lipinski definition) is 3. The van der Waals surface area contributed by atoms with Gasteiger partial charge in [0, 0.05) is 6.54 Å². The largest absolute Gasteiger partial charge is 0.492 e. The molecule has 1 N–H and O–H groups in total. The Labute approximate surface area is 123 Å². The summed E-state index contributed by atoms with van der Waals surface area (Å²) in [7, 11) is 2.05. The molecule has 3 nitrogen and oxygen atoms in total. The highest BCUT2D eigenvalue weighted by Crippen LogP contribution is 2.20. The summed E-state index contributed by atoms with van der Waals surface area (Å²) in [5.41, 5.74) is 2.49. The zero-order valence-corrected chi connectivity index (χ0v) is 13.1. The van der Waals surface area contributed by atoms with Crippen LogP contribution in [0.1, 0.15) is 24.0 Å². The van der Waals surface area contributed by atoms with Crippen LogP contribution < -0.4 is 10.1 Å². The van der Waals surface area contributed by atoms with E-state index < -0.39 is 0 Å². The Bertz CT molecular complexity index is 411. The molecule has 2 rings (SSSR count). The Balaban J connectivity index is 1.70. The average molecular weight is 276 g/mol. The molecule has 3 heteroatoms. The van der Waals surface area contributed by atoms with E-state index in [0.29, 0.717) is 0 Å². The molecule has 0 aromatic heterocycles. The minimum Gasteiger partial charge on any atom is -0.492 e. The van der Waals surface area contributed by atoms with Crippen LogP contribution >= 0.6 is 0 Å². The van der Waals surface area contributed by atoms with Gasteiger partial charge in [0.15, 0.2) is 0 Å². The molecule has 0 amide bonds. The van der Waals surface area contributed by atoms with Crippen LogP contribution in [0.3, 0.4) is 0 Å². The quantitative estimate of drug-likeness (QED) is 0.864. The second-order valence-electron chi connectivity index (χ2n) is 5.96. The highest BCUT2D eigenvalue weighted by Gasteiger charge is 2.18. The van der Waals surface area contributed by atoms with E-state index in [-0.39, 0.29) is 0 Å². The third-order valence-corrected chi connectivity index (χ3v) is 4.21. The van der Waals surface area contributed by atoms with Gasteiger partial charge in [-0.1, -0.05) is 12.1 Å². The lowest BCUT2D eigenvalue weighted by Crippen LogP contribution is -2.38. The SMILES string of the molecule is CNCC1CCN(CCOc2cc(C)ccc2C)CC1. The molecule has 0 spiro atoms. The average Bonchev–Trinajstić information content (AvgIpc) is 2.45. The number of rotatable bonds is 6. The van der Waals surface area contributed by atoms with Crippen LogP contribution in [0.2, 0.25) is 0 Å². The van der Waals surface area contributed by atoms with Gasteiger partial charge < -0.3 is 10.1 Å². The molecule has 0 bridgehead atoms. The number of benzene rings is 1. The number of likely N-dealkylation sites (tertiary alicyclic amines) is 1. The van der Waals surface area contributed by atoms with Gasteiger partial charge in [0.25, 0.3) is 0 Å². The molecular formula is C17H28N2O. The van der Waals surface area contributed by atoms with Gasteiger partial charge in [-0.2, -0.15) is 0 Å². The Hall–Kier alpha value is -1.06. The minimum absolute atomic E-state index is 0.793. The summed E-state index contributed by atoms with van der Waals surface area (Å²) >= 11 is 0. The van der Waals surface area contributed by atoms with E-state index >= 15 is 0 Å². The Morgan fingerprint density at radius 2 is 2.00 bits per heavy atom. The smallest absolute Gasteiger partial charge is 0.122 e. The predicted molar refractivity (Wildman–Crippen MR) is 84.5 cm³/mol. The van der Waals surface area contributed by atoms with Gasteiger partial charge in [0.05, 0.1) is 0 Å². The summed E-state index contributed by atoms with van der Waals surface area (Å²) in [6.45, 7) is 9.63. The maximum absolute atomic E-state index is 5.94. The molecule has 1 saturated heterocycles. The first kappa shape index (κ1) is 15.3. The fraction of sp³-hybridized carbons (Fsp3) is 0.647. The first-order valence-electron chi connectivity index (χ1n) is 7.76. The number of hydrogen-bond donors (Lipinski definition) is 1.